The van der Waals surface area contributed by atoms with Crippen molar-refractivity contribution in [3.05, 3.63) is 42.5 Å². The molecule has 0 radical (unpaired) electrons. The predicted octanol–water partition coefficient (Wildman–Crippen LogP) is 1.94. The minimum Gasteiger partial charge on any atom is -0.320 e. The number of hydrogen-bond acceptors (Lipinski definition) is 5. The zero-order chi connectivity index (χ0) is 19.0. The number of nitrogens with one attached hydrogen (secondary N) is 1. The molecule has 1 saturated heterocycles. The Morgan fingerprint density at radius 2 is 1.89 bits per heavy atom. The van der Waals surface area contributed by atoms with E-state index in [2.05, 4.69) is 10.4 Å². The fourth-order valence-electron chi connectivity index (χ4n) is 3.52. The maximum absolute atomic E-state index is 12.7. The molecule has 0 unspecified atom stereocenters. The van der Waals surface area contributed by atoms with Crippen LogP contribution in [-0.2, 0) is 19.4 Å². The molecular weight excluding hydrogens is 366 g/mol. The molecule has 0 spiro atoms. The summed E-state index contributed by atoms with van der Waals surface area (Å²) in [5.74, 6) is -0.655. The maximum atomic E-state index is 12.7. The Morgan fingerprint density at radius 3 is 2.67 bits per heavy atom. The summed E-state index contributed by atoms with van der Waals surface area (Å²) in [7, 11) is -3.14. The monoisotopic (exact) mass is 385 g/mol. The van der Waals surface area contributed by atoms with Crippen LogP contribution in [0.1, 0.15) is 19.3 Å². The molecule has 8 heteroatoms. The van der Waals surface area contributed by atoms with Crippen molar-refractivity contribution in [3.63, 3.8) is 0 Å². The van der Waals surface area contributed by atoms with Gasteiger partial charge in [0.1, 0.15) is 5.71 Å². The van der Waals surface area contributed by atoms with Crippen LogP contribution in [0.3, 0.4) is 0 Å². The molecule has 2 aromatic rings. The van der Waals surface area contributed by atoms with E-state index in [0.29, 0.717) is 12.1 Å². The Morgan fingerprint density at radius 1 is 1.11 bits per heavy atom. The summed E-state index contributed by atoms with van der Waals surface area (Å²) in [5, 5.41) is 10.2. The van der Waals surface area contributed by atoms with Crippen LogP contribution >= 0.6 is 0 Å². The third-order valence-electron chi connectivity index (χ3n) is 4.91. The topological polar surface area (TPSA) is 95.9 Å². The molecule has 2 aromatic carbocycles. The summed E-state index contributed by atoms with van der Waals surface area (Å²) in [6, 6.07) is 12.9. The van der Waals surface area contributed by atoms with Gasteiger partial charge in [-0.15, -0.1) is 0 Å². The Labute approximate surface area is 157 Å². The standard InChI is InChI=1S/C19H19N3O4S/c23-18-9-8-17(21-22(18)14-10-11-27(25,26)12-14)19(24)20-16-7-3-5-13-4-1-2-6-15(13)16/h1-7,14H,8-12H2,(H,20,24)/t14-/m0/s1. The summed E-state index contributed by atoms with van der Waals surface area (Å²) in [4.78, 5) is 24.9. The summed E-state index contributed by atoms with van der Waals surface area (Å²) in [5.41, 5.74) is 0.916. The van der Waals surface area contributed by atoms with Gasteiger partial charge >= 0.3 is 0 Å². The normalized spacial score (nSPS) is 21.9. The molecule has 0 aliphatic carbocycles. The lowest BCUT2D eigenvalue weighted by Crippen LogP contribution is -2.42. The Hall–Kier alpha value is -2.74. The van der Waals surface area contributed by atoms with Crippen molar-refractivity contribution in [2.24, 2.45) is 5.10 Å². The van der Waals surface area contributed by atoms with E-state index in [1.807, 2.05) is 42.5 Å². The molecule has 2 amide bonds. The second-order valence-corrected chi connectivity index (χ2v) is 9.05. The fourth-order valence-corrected chi connectivity index (χ4v) is 5.21. The van der Waals surface area contributed by atoms with E-state index in [1.165, 1.54) is 5.01 Å². The molecule has 4 rings (SSSR count). The van der Waals surface area contributed by atoms with Crippen molar-refractivity contribution in [2.45, 2.75) is 25.3 Å². The van der Waals surface area contributed by atoms with Gasteiger partial charge in [0.05, 0.1) is 17.5 Å². The number of carbonyl (C=O) groups excluding carboxylic acids is 2. The van der Waals surface area contributed by atoms with E-state index in [9.17, 15) is 18.0 Å². The van der Waals surface area contributed by atoms with Crippen molar-refractivity contribution in [2.75, 3.05) is 16.8 Å². The van der Waals surface area contributed by atoms with Gasteiger partial charge in [-0.25, -0.2) is 13.4 Å². The van der Waals surface area contributed by atoms with Gasteiger partial charge in [0, 0.05) is 23.9 Å². The third-order valence-corrected chi connectivity index (χ3v) is 6.66. The number of amides is 2. The van der Waals surface area contributed by atoms with Crippen molar-refractivity contribution < 1.29 is 18.0 Å². The Kier molecular flexibility index (Phi) is 4.43. The Bertz CT molecular complexity index is 1060. The van der Waals surface area contributed by atoms with Crippen LogP contribution in [0, 0.1) is 0 Å². The van der Waals surface area contributed by atoms with E-state index < -0.39 is 15.9 Å². The van der Waals surface area contributed by atoms with Gasteiger partial charge in [0.15, 0.2) is 9.84 Å². The highest BCUT2D eigenvalue weighted by atomic mass is 32.2. The average molecular weight is 385 g/mol. The zero-order valence-corrected chi connectivity index (χ0v) is 15.4. The maximum Gasteiger partial charge on any atom is 0.271 e. The van der Waals surface area contributed by atoms with Gasteiger partial charge in [0.25, 0.3) is 5.91 Å². The first-order valence-electron chi connectivity index (χ1n) is 8.82. The zero-order valence-electron chi connectivity index (χ0n) is 14.6. The quantitative estimate of drug-likeness (QED) is 0.873. The molecule has 140 valence electrons. The van der Waals surface area contributed by atoms with Crippen LogP contribution in [-0.4, -0.2) is 48.5 Å². The van der Waals surface area contributed by atoms with Gasteiger partial charge in [-0.1, -0.05) is 36.4 Å². The smallest absolute Gasteiger partial charge is 0.271 e. The summed E-state index contributed by atoms with van der Waals surface area (Å²) < 4.78 is 23.4. The first-order valence-corrected chi connectivity index (χ1v) is 10.6. The number of benzene rings is 2. The molecule has 7 nitrogen and oxygen atoms in total. The highest BCUT2D eigenvalue weighted by molar-refractivity contribution is 7.91. The van der Waals surface area contributed by atoms with Crippen molar-refractivity contribution in [1.29, 1.82) is 0 Å². The number of anilines is 1. The van der Waals surface area contributed by atoms with Crippen LogP contribution in [0.5, 0.6) is 0 Å². The molecule has 1 fully saturated rings. The lowest BCUT2D eigenvalue weighted by molar-refractivity contribution is -0.133. The van der Waals surface area contributed by atoms with Crippen molar-refractivity contribution in [1.82, 2.24) is 5.01 Å². The van der Waals surface area contributed by atoms with Gasteiger partial charge < -0.3 is 5.32 Å². The molecule has 2 aliphatic rings. The van der Waals surface area contributed by atoms with E-state index in [4.69, 9.17) is 0 Å². The second-order valence-electron chi connectivity index (χ2n) is 6.82. The molecule has 1 N–H and O–H groups in total. The highest BCUT2D eigenvalue weighted by Gasteiger charge is 2.37. The molecule has 2 aliphatic heterocycles. The van der Waals surface area contributed by atoms with E-state index in [0.717, 1.165) is 10.8 Å². The molecule has 27 heavy (non-hydrogen) atoms. The second kappa shape index (κ2) is 6.77. The highest BCUT2D eigenvalue weighted by Crippen LogP contribution is 2.25. The van der Waals surface area contributed by atoms with Crippen LogP contribution in [0.25, 0.3) is 10.8 Å². The average Bonchev–Trinajstić information content (AvgIpc) is 3.02. The molecule has 0 saturated carbocycles. The molecule has 0 bridgehead atoms. The number of rotatable bonds is 3. The largest absolute Gasteiger partial charge is 0.320 e. The first kappa shape index (κ1) is 17.7. The van der Waals surface area contributed by atoms with Gasteiger partial charge in [0.2, 0.25) is 5.91 Å². The minimum absolute atomic E-state index is 0.0501. The van der Waals surface area contributed by atoms with Crippen molar-refractivity contribution >= 4 is 43.8 Å². The van der Waals surface area contributed by atoms with Crippen LogP contribution in [0.2, 0.25) is 0 Å². The number of fused-ring (bicyclic) bond motifs is 1. The summed E-state index contributed by atoms with van der Waals surface area (Å²) in [6.45, 7) is 0. The predicted molar refractivity (Wildman–Crippen MR) is 103 cm³/mol. The SMILES string of the molecule is O=C(Nc1cccc2ccccc12)C1=NN([C@H]2CCS(=O)(=O)C2)C(=O)CC1. The lowest BCUT2D eigenvalue weighted by Gasteiger charge is -2.27. The minimum atomic E-state index is -3.14. The number of carbonyl (C=O) groups is 2. The van der Waals surface area contributed by atoms with Crippen molar-refractivity contribution in [3.8, 4) is 0 Å². The van der Waals surface area contributed by atoms with Gasteiger partial charge in [-0.3, -0.25) is 9.59 Å². The number of hydrogen-bond donors (Lipinski definition) is 1. The lowest BCUT2D eigenvalue weighted by atomic mass is 10.1. The van der Waals surface area contributed by atoms with Gasteiger partial charge in [-0.2, -0.15) is 5.10 Å². The summed E-state index contributed by atoms with van der Waals surface area (Å²) >= 11 is 0. The van der Waals surface area contributed by atoms with E-state index in [1.54, 1.807) is 0 Å². The number of hydrazone groups is 1. The first-order chi connectivity index (χ1) is 12.9. The molecular formula is C19H19N3O4S. The third kappa shape index (κ3) is 3.57. The van der Waals surface area contributed by atoms with E-state index >= 15 is 0 Å². The van der Waals surface area contributed by atoms with E-state index in [-0.39, 0.29) is 41.9 Å². The molecule has 0 aromatic heterocycles. The molecule has 2 heterocycles. The van der Waals surface area contributed by atoms with Crippen LogP contribution in [0.4, 0.5) is 5.69 Å². The van der Waals surface area contributed by atoms with Crippen LogP contribution < -0.4 is 5.32 Å². The molecule has 1 atom stereocenters. The fraction of sp³-hybridized carbons (Fsp3) is 0.316. The summed E-state index contributed by atoms with van der Waals surface area (Å²) in [6.07, 6.45) is 0.750. The van der Waals surface area contributed by atoms with Crippen LogP contribution in [0.15, 0.2) is 47.6 Å². The van der Waals surface area contributed by atoms with Gasteiger partial charge in [-0.05, 0) is 17.9 Å². The number of sulfone groups is 1. The Balaban J connectivity index is 1.57. The number of nitrogens with zero attached hydrogens (tertiary/aromatic N) is 2.